The molecular formula is C17H18BrN3O3. The lowest BCUT2D eigenvalue weighted by Crippen LogP contribution is -2.28. The molecule has 2 aromatic rings. The SMILES string of the molecule is COCCNC(=O)c1cc(C(=O)Nc2ccc(Br)c(C)c2)ccn1. The first-order chi connectivity index (χ1) is 11.5. The highest BCUT2D eigenvalue weighted by Crippen LogP contribution is 2.20. The highest BCUT2D eigenvalue weighted by atomic mass is 79.9. The molecule has 0 spiro atoms. The first kappa shape index (κ1) is 18.1. The molecule has 2 amide bonds. The molecule has 0 aliphatic carbocycles. The number of methoxy groups -OCH3 is 1. The number of hydrogen-bond donors (Lipinski definition) is 2. The lowest BCUT2D eigenvalue weighted by atomic mass is 10.2. The van der Waals surface area contributed by atoms with Crippen LogP contribution in [0.2, 0.25) is 0 Å². The van der Waals surface area contributed by atoms with Gasteiger partial charge in [0.15, 0.2) is 0 Å². The van der Waals surface area contributed by atoms with Crippen molar-refractivity contribution in [2.24, 2.45) is 0 Å². The molecule has 0 aliphatic rings. The lowest BCUT2D eigenvalue weighted by molar-refractivity contribution is 0.0932. The van der Waals surface area contributed by atoms with Crippen LogP contribution in [-0.4, -0.2) is 37.1 Å². The summed E-state index contributed by atoms with van der Waals surface area (Å²) >= 11 is 3.42. The molecule has 1 aromatic carbocycles. The second kappa shape index (κ2) is 8.56. The first-order valence-electron chi connectivity index (χ1n) is 7.32. The van der Waals surface area contributed by atoms with E-state index in [0.717, 1.165) is 10.0 Å². The van der Waals surface area contributed by atoms with Crippen molar-refractivity contribution in [2.75, 3.05) is 25.6 Å². The Balaban J connectivity index is 2.08. The van der Waals surface area contributed by atoms with E-state index in [2.05, 4.69) is 31.5 Å². The van der Waals surface area contributed by atoms with Gasteiger partial charge in [0.1, 0.15) is 5.69 Å². The normalized spacial score (nSPS) is 10.3. The van der Waals surface area contributed by atoms with Crippen LogP contribution in [0.15, 0.2) is 41.0 Å². The summed E-state index contributed by atoms with van der Waals surface area (Å²) in [6.07, 6.45) is 1.44. The average Bonchev–Trinajstić information content (AvgIpc) is 2.58. The maximum absolute atomic E-state index is 12.3. The van der Waals surface area contributed by atoms with Gasteiger partial charge in [0, 0.05) is 35.6 Å². The second-order valence-corrected chi connectivity index (χ2v) is 5.95. The van der Waals surface area contributed by atoms with Crippen molar-refractivity contribution >= 4 is 33.4 Å². The smallest absolute Gasteiger partial charge is 0.269 e. The van der Waals surface area contributed by atoms with Gasteiger partial charge in [-0.3, -0.25) is 14.6 Å². The minimum atomic E-state index is -0.346. The molecule has 24 heavy (non-hydrogen) atoms. The molecule has 0 saturated heterocycles. The summed E-state index contributed by atoms with van der Waals surface area (Å²) in [5.74, 6) is -0.647. The summed E-state index contributed by atoms with van der Waals surface area (Å²) in [6, 6.07) is 8.55. The van der Waals surface area contributed by atoms with Crippen molar-refractivity contribution in [1.82, 2.24) is 10.3 Å². The number of ether oxygens (including phenoxy) is 1. The summed E-state index contributed by atoms with van der Waals surface area (Å²) in [7, 11) is 1.55. The second-order valence-electron chi connectivity index (χ2n) is 5.10. The third-order valence-electron chi connectivity index (χ3n) is 3.26. The summed E-state index contributed by atoms with van der Waals surface area (Å²) < 4.78 is 5.84. The number of aryl methyl sites for hydroxylation is 1. The molecule has 1 aromatic heterocycles. The topological polar surface area (TPSA) is 80.3 Å². The van der Waals surface area contributed by atoms with E-state index in [0.29, 0.717) is 24.4 Å². The van der Waals surface area contributed by atoms with E-state index < -0.39 is 0 Å². The van der Waals surface area contributed by atoms with Crippen molar-refractivity contribution in [3.8, 4) is 0 Å². The van der Waals surface area contributed by atoms with E-state index in [1.807, 2.05) is 19.1 Å². The monoisotopic (exact) mass is 391 g/mol. The average molecular weight is 392 g/mol. The third kappa shape index (κ3) is 4.87. The molecule has 2 rings (SSSR count). The van der Waals surface area contributed by atoms with Crippen LogP contribution in [0, 0.1) is 6.92 Å². The van der Waals surface area contributed by atoms with Crippen molar-refractivity contribution in [3.63, 3.8) is 0 Å². The van der Waals surface area contributed by atoms with Gasteiger partial charge in [-0.15, -0.1) is 0 Å². The van der Waals surface area contributed by atoms with E-state index in [9.17, 15) is 9.59 Å². The van der Waals surface area contributed by atoms with Crippen molar-refractivity contribution < 1.29 is 14.3 Å². The fraction of sp³-hybridized carbons (Fsp3) is 0.235. The van der Waals surface area contributed by atoms with Gasteiger partial charge in [-0.1, -0.05) is 15.9 Å². The summed E-state index contributed by atoms with van der Waals surface area (Å²) in [6.45, 7) is 2.73. The Morgan fingerprint density at radius 1 is 1.21 bits per heavy atom. The molecule has 2 N–H and O–H groups in total. The molecule has 0 saturated carbocycles. The standard InChI is InChI=1S/C17H18BrN3O3/c1-11-9-13(3-4-14(11)18)21-16(22)12-5-6-19-15(10-12)17(23)20-7-8-24-2/h3-6,9-10H,7-8H2,1-2H3,(H,20,23)(H,21,22). The summed E-state index contributed by atoms with van der Waals surface area (Å²) in [5, 5.41) is 5.47. The molecule has 0 radical (unpaired) electrons. The van der Waals surface area contributed by atoms with Crippen LogP contribution < -0.4 is 10.6 Å². The van der Waals surface area contributed by atoms with Crippen LogP contribution in [0.3, 0.4) is 0 Å². The van der Waals surface area contributed by atoms with Crippen LogP contribution in [0.25, 0.3) is 0 Å². The van der Waals surface area contributed by atoms with Gasteiger partial charge in [0.05, 0.1) is 6.61 Å². The molecule has 0 fully saturated rings. The number of nitrogens with one attached hydrogen (secondary N) is 2. The number of carbonyl (C=O) groups excluding carboxylic acids is 2. The molecule has 0 unspecified atom stereocenters. The van der Waals surface area contributed by atoms with Crippen LogP contribution in [0.1, 0.15) is 26.4 Å². The van der Waals surface area contributed by atoms with Crippen molar-refractivity contribution in [3.05, 3.63) is 57.8 Å². The predicted octanol–water partition coefficient (Wildman–Crippen LogP) is 2.78. The van der Waals surface area contributed by atoms with E-state index in [-0.39, 0.29) is 17.5 Å². The Kier molecular flexibility index (Phi) is 6.45. The Labute approximate surface area is 148 Å². The van der Waals surface area contributed by atoms with Gasteiger partial charge >= 0.3 is 0 Å². The summed E-state index contributed by atoms with van der Waals surface area (Å²) in [4.78, 5) is 28.3. The molecule has 6 nitrogen and oxygen atoms in total. The fourth-order valence-electron chi connectivity index (χ4n) is 1.98. The molecular weight excluding hydrogens is 374 g/mol. The largest absolute Gasteiger partial charge is 0.383 e. The zero-order chi connectivity index (χ0) is 17.5. The van der Waals surface area contributed by atoms with Gasteiger partial charge in [-0.25, -0.2) is 0 Å². The number of nitrogens with zero attached hydrogens (tertiary/aromatic N) is 1. The maximum atomic E-state index is 12.3. The van der Waals surface area contributed by atoms with Crippen LogP contribution in [0.4, 0.5) is 5.69 Å². The van der Waals surface area contributed by atoms with Gasteiger partial charge in [-0.05, 0) is 42.8 Å². The van der Waals surface area contributed by atoms with Crippen molar-refractivity contribution in [1.29, 1.82) is 0 Å². The van der Waals surface area contributed by atoms with E-state index in [1.54, 1.807) is 19.2 Å². The van der Waals surface area contributed by atoms with E-state index in [4.69, 9.17) is 4.74 Å². The zero-order valence-electron chi connectivity index (χ0n) is 13.4. The number of carbonyl (C=O) groups is 2. The zero-order valence-corrected chi connectivity index (χ0v) is 15.0. The van der Waals surface area contributed by atoms with E-state index >= 15 is 0 Å². The number of anilines is 1. The molecule has 1 heterocycles. The van der Waals surface area contributed by atoms with Gasteiger partial charge < -0.3 is 15.4 Å². The molecule has 7 heteroatoms. The number of pyridine rings is 1. The Bertz CT molecular complexity index is 750. The Morgan fingerprint density at radius 2 is 2.00 bits per heavy atom. The Morgan fingerprint density at radius 3 is 2.71 bits per heavy atom. The number of aromatic nitrogens is 1. The molecule has 0 aliphatic heterocycles. The molecule has 0 bridgehead atoms. The highest BCUT2D eigenvalue weighted by Gasteiger charge is 2.12. The quantitative estimate of drug-likeness (QED) is 0.741. The van der Waals surface area contributed by atoms with E-state index in [1.165, 1.54) is 12.3 Å². The lowest BCUT2D eigenvalue weighted by Gasteiger charge is -2.08. The maximum Gasteiger partial charge on any atom is 0.269 e. The summed E-state index contributed by atoms with van der Waals surface area (Å²) in [5.41, 5.74) is 2.25. The van der Waals surface area contributed by atoms with Crippen LogP contribution >= 0.6 is 15.9 Å². The predicted molar refractivity (Wildman–Crippen MR) is 95.3 cm³/mol. The van der Waals surface area contributed by atoms with Gasteiger partial charge in [0.2, 0.25) is 0 Å². The van der Waals surface area contributed by atoms with Crippen LogP contribution in [-0.2, 0) is 4.74 Å². The van der Waals surface area contributed by atoms with Gasteiger partial charge in [-0.2, -0.15) is 0 Å². The minimum absolute atomic E-state index is 0.186. The van der Waals surface area contributed by atoms with Crippen molar-refractivity contribution in [2.45, 2.75) is 6.92 Å². The van der Waals surface area contributed by atoms with Crippen LogP contribution in [0.5, 0.6) is 0 Å². The molecule has 0 atom stereocenters. The number of benzene rings is 1. The first-order valence-corrected chi connectivity index (χ1v) is 8.11. The fourth-order valence-corrected chi connectivity index (χ4v) is 2.23. The third-order valence-corrected chi connectivity index (χ3v) is 4.15. The number of rotatable bonds is 6. The number of halogens is 1. The highest BCUT2D eigenvalue weighted by molar-refractivity contribution is 9.10. The Hall–Kier alpha value is -2.25. The number of hydrogen-bond acceptors (Lipinski definition) is 4. The molecule has 126 valence electrons. The van der Waals surface area contributed by atoms with Gasteiger partial charge in [0.25, 0.3) is 11.8 Å². The minimum Gasteiger partial charge on any atom is -0.383 e. The number of amides is 2.